The Labute approximate surface area is 115 Å². The van der Waals surface area contributed by atoms with Gasteiger partial charge in [-0.3, -0.25) is 0 Å². The monoisotopic (exact) mass is 312 g/mol. The van der Waals surface area contributed by atoms with Gasteiger partial charge in [-0.2, -0.15) is 0 Å². The number of urea groups is 1. The van der Waals surface area contributed by atoms with E-state index in [1.165, 1.54) is 0 Å². The first kappa shape index (κ1) is 13.4. The first-order chi connectivity index (χ1) is 8.54. The van der Waals surface area contributed by atoms with Gasteiger partial charge in [0, 0.05) is 16.4 Å². The maximum atomic E-state index is 11.7. The molecule has 2 rings (SSSR count). The summed E-state index contributed by atoms with van der Waals surface area (Å²) in [6.45, 7) is 2.64. The zero-order valence-electron chi connectivity index (χ0n) is 10.3. The summed E-state index contributed by atoms with van der Waals surface area (Å²) in [5, 5.41) is 14.8. The van der Waals surface area contributed by atoms with E-state index < -0.39 is 0 Å². The van der Waals surface area contributed by atoms with Gasteiger partial charge >= 0.3 is 6.03 Å². The van der Waals surface area contributed by atoms with Gasteiger partial charge in [-0.1, -0.05) is 6.07 Å². The molecular formula is C13H17BrN2O2. The Bertz CT molecular complexity index is 458. The molecule has 2 amide bonds. The molecule has 0 saturated heterocycles. The minimum atomic E-state index is -0.235. The van der Waals surface area contributed by atoms with Gasteiger partial charge in [-0.05, 0) is 53.4 Å². The van der Waals surface area contributed by atoms with Gasteiger partial charge in [0.1, 0.15) is 0 Å². The molecule has 0 aliphatic heterocycles. The third-order valence-electron chi connectivity index (χ3n) is 3.29. The van der Waals surface area contributed by atoms with E-state index in [9.17, 15) is 4.79 Å². The van der Waals surface area contributed by atoms with Gasteiger partial charge in [0.2, 0.25) is 0 Å². The van der Waals surface area contributed by atoms with Crippen LogP contribution in [0.25, 0.3) is 0 Å². The highest BCUT2D eigenvalue weighted by Gasteiger charge is 2.42. The predicted molar refractivity (Wildman–Crippen MR) is 74.7 cm³/mol. The van der Waals surface area contributed by atoms with E-state index in [-0.39, 0.29) is 18.1 Å². The number of hydrogen-bond donors (Lipinski definition) is 3. The molecule has 0 unspecified atom stereocenters. The summed E-state index contributed by atoms with van der Waals surface area (Å²) in [4.78, 5) is 11.7. The van der Waals surface area contributed by atoms with Crippen LogP contribution in [-0.2, 0) is 0 Å². The molecule has 1 aromatic carbocycles. The van der Waals surface area contributed by atoms with Crippen molar-refractivity contribution < 1.29 is 9.90 Å². The van der Waals surface area contributed by atoms with Gasteiger partial charge in [-0.25, -0.2) is 4.79 Å². The second kappa shape index (κ2) is 5.28. The molecule has 98 valence electrons. The third kappa shape index (κ3) is 3.23. The van der Waals surface area contributed by atoms with E-state index in [2.05, 4.69) is 26.6 Å². The van der Waals surface area contributed by atoms with Crippen molar-refractivity contribution in [3.8, 4) is 0 Å². The SMILES string of the molecule is Cc1ccc(Br)c(NC(=O)NCC2(CO)CC2)c1. The molecule has 0 heterocycles. The van der Waals surface area contributed by atoms with Crippen LogP contribution in [0, 0.1) is 12.3 Å². The number of benzene rings is 1. The van der Waals surface area contributed by atoms with E-state index in [4.69, 9.17) is 5.11 Å². The maximum Gasteiger partial charge on any atom is 0.319 e. The topological polar surface area (TPSA) is 61.4 Å². The van der Waals surface area contributed by atoms with Crippen molar-refractivity contribution in [2.45, 2.75) is 19.8 Å². The normalized spacial score (nSPS) is 16.2. The van der Waals surface area contributed by atoms with Crippen molar-refractivity contribution in [1.82, 2.24) is 5.32 Å². The van der Waals surface area contributed by atoms with Crippen LogP contribution in [0.3, 0.4) is 0 Å². The van der Waals surface area contributed by atoms with Crippen LogP contribution in [0.4, 0.5) is 10.5 Å². The van der Waals surface area contributed by atoms with Crippen molar-refractivity contribution in [2.75, 3.05) is 18.5 Å². The summed E-state index contributed by atoms with van der Waals surface area (Å²) in [6.07, 6.45) is 1.97. The molecule has 3 N–H and O–H groups in total. The Morgan fingerprint density at radius 2 is 2.22 bits per heavy atom. The number of amides is 2. The predicted octanol–water partition coefficient (Wildman–Crippen LogP) is 2.65. The number of carbonyl (C=O) groups is 1. The maximum absolute atomic E-state index is 11.7. The van der Waals surface area contributed by atoms with E-state index in [0.717, 1.165) is 28.6 Å². The zero-order valence-corrected chi connectivity index (χ0v) is 11.9. The fraction of sp³-hybridized carbons (Fsp3) is 0.462. The van der Waals surface area contributed by atoms with Crippen molar-refractivity contribution in [3.05, 3.63) is 28.2 Å². The molecule has 18 heavy (non-hydrogen) atoms. The van der Waals surface area contributed by atoms with Crippen LogP contribution in [-0.4, -0.2) is 24.3 Å². The number of rotatable bonds is 4. The summed E-state index contributed by atoms with van der Waals surface area (Å²) in [7, 11) is 0. The summed E-state index contributed by atoms with van der Waals surface area (Å²) in [5.41, 5.74) is 1.77. The Morgan fingerprint density at radius 1 is 1.50 bits per heavy atom. The summed E-state index contributed by atoms with van der Waals surface area (Å²) in [5.74, 6) is 0. The van der Waals surface area contributed by atoms with Crippen molar-refractivity contribution in [3.63, 3.8) is 0 Å². The van der Waals surface area contributed by atoms with E-state index in [1.54, 1.807) is 0 Å². The van der Waals surface area contributed by atoms with E-state index in [0.29, 0.717) is 6.54 Å². The minimum Gasteiger partial charge on any atom is -0.396 e. The van der Waals surface area contributed by atoms with Gasteiger partial charge in [0.25, 0.3) is 0 Å². The second-order valence-electron chi connectivity index (χ2n) is 4.95. The van der Waals surface area contributed by atoms with Crippen LogP contribution >= 0.6 is 15.9 Å². The molecule has 1 aliphatic rings. The molecule has 1 saturated carbocycles. The first-order valence-electron chi connectivity index (χ1n) is 5.97. The van der Waals surface area contributed by atoms with Crippen molar-refractivity contribution in [1.29, 1.82) is 0 Å². The number of nitrogens with one attached hydrogen (secondary N) is 2. The van der Waals surface area contributed by atoms with Gasteiger partial charge in [-0.15, -0.1) is 0 Å². The number of anilines is 1. The summed E-state index contributed by atoms with van der Waals surface area (Å²) in [6, 6.07) is 5.54. The van der Waals surface area contributed by atoms with E-state index >= 15 is 0 Å². The number of aliphatic hydroxyl groups is 1. The van der Waals surface area contributed by atoms with E-state index in [1.807, 2.05) is 25.1 Å². The Hall–Kier alpha value is -1.07. The van der Waals surface area contributed by atoms with Crippen LogP contribution < -0.4 is 10.6 Å². The quantitative estimate of drug-likeness (QED) is 0.800. The smallest absolute Gasteiger partial charge is 0.319 e. The highest BCUT2D eigenvalue weighted by molar-refractivity contribution is 9.10. The molecular weight excluding hydrogens is 296 g/mol. The molecule has 1 fully saturated rings. The molecule has 0 bridgehead atoms. The minimum absolute atomic E-state index is 0.0683. The fourth-order valence-corrected chi connectivity index (χ4v) is 2.08. The number of aryl methyl sites for hydroxylation is 1. The lowest BCUT2D eigenvalue weighted by Gasteiger charge is -2.14. The molecule has 1 aliphatic carbocycles. The van der Waals surface area contributed by atoms with Crippen LogP contribution in [0.15, 0.2) is 22.7 Å². The highest BCUT2D eigenvalue weighted by Crippen LogP contribution is 2.44. The number of halogens is 1. The molecule has 4 nitrogen and oxygen atoms in total. The van der Waals surface area contributed by atoms with Crippen LogP contribution in [0.1, 0.15) is 18.4 Å². The zero-order chi connectivity index (χ0) is 13.2. The summed E-state index contributed by atoms with van der Waals surface area (Å²) < 4.78 is 0.853. The highest BCUT2D eigenvalue weighted by atomic mass is 79.9. The number of hydrogen-bond acceptors (Lipinski definition) is 2. The standard InChI is InChI=1S/C13H17BrN2O2/c1-9-2-3-10(14)11(6-9)16-12(18)15-7-13(8-17)4-5-13/h2-3,6,17H,4-5,7-8H2,1H3,(H2,15,16,18). The number of aliphatic hydroxyl groups excluding tert-OH is 1. The number of carbonyl (C=O) groups excluding carboxylic acids is 1. The fourth-order valence-electron chi connectivity index (χ4n) is 1.74. The van der Waals surface area contributed by atoms with Gasteiger partial charge < -0.3 is 15.7 Å². The van der Waals surface area contributed by atoms with Gasteiger partial charge in [0.05, 0.1) is 12.3 Å². The average Bonchev–Trinajstić information content (AvgIpc) is 3.12. The van der Waals surface area contributed by atoms with Crippen LogP contribution in [0.5, 0.6) is 0 Å². The molecule has 0 radical (unpaired) electrons. The Kier molecular flexibility index (Phi) is 3.92. The Morgan fingerprint density at radius 3 is 2.83 bits per heavy atom. The Balaban J connectivity index is 1.89. The lowest BCUT2D eigenvalue weighted by Crippen LogP contribution is -2.35. The molecule has 0 aromatic heterocycles. The summed E-state index contributed by atoms with van der Waals surface area (Å²) >= 11 is 3.39. The van der Waals surface area contributed by atoms with Gasteiger partial charge in [0.15, 0.2) is 0 Å². The third-order valence-corrected chi connectivity index (χ3v) is 3.98. The first-order valence-corrected chi connectivity index (χ1v) is 6.76. The molecule has 5 heteroatoms. The van der Waals surface area contributed by atoms with Crippen LogP contribution in [0.2, 0.25) is 0 Å². The average molecular weight is 313 g/mol. The molecule has 0 spiro atoms. The molecule has 0 atom stereocenters. The van der Waals surface area contributed by atoms with Crippen molar-refractivity contribution in [2.24, 2.45) is 5.41 Å². The second-order valence-corrected chi connectivity index (χ2v) is 5.80. The lowest BCUT2D eigenvalue weighted by atomic mass is 10.1. The lowest BCUT2D eigenvalue weighted by molar-refractivity contribution is 0.206. The molecule has 1 aromatic rings. The van der Waals surface area contributed by atoms with Crippen molar-refractivity contribution >= 4 is 27.6 Å². The largest absolute Gasteiger partial charge is 0.396 e.